The summed E-state index contributed by atoms with van der Waals surface area (Å²) in [6, 6.07) is 10.0. The summed E-state index contributed by atoms with van der Waals surface area (Å²) in [6.07, 6.45) is 3.40. The maximum absolute atomic E-state index is 16.2. The fraction of sp³-hybridized carbons (Fsp3) is 0.512. The van der Waals surface area contributed by atoms with Crippen molar-refractivity contribution < 1.29 is 41.4 Å². The number of amides is 3. The van der Waals surface area contributed by atoms with Crippen LogP contribution in [0.25, 0.3) is 22.2 Å². The second-order valence-electron chi connectivity index (χ2n) is 18.3. The standard InChI is InChI=1S/C43H53ClFN5O8S/c1-41(2,3)56-38(51)47-28-18-16-25(17-19-28)30-23-46-37(49(39(52)57-42(4,5)6)40(53)58-43(7,8)9)34-35(48-50(36(30)34)29-20-21-29)26-14-15-27(32(45)22-26)24-59(54,55)33-13-11-10-12-31(33)44/h10-15,22-23,25,28-29H,16-21,24H2,1-9H3,(H,47,51). The number of carbonyl (C=O) groups excluding carboxylic acids is 3. The molecule has 0 atom stereocenters. The maximum Gasteiger partial charge on any atom is 0.425 e. The molecule has 2 aliphatic carbocycles. The molecule has 2 fully saturated rings. The topological polar surface area (TPSA) is 159 Å². The highest BCUT2D eigenvalue weighted by molar-refractivity contribution is 7.90. The van der Waals surface area contributed by atoms with Crippen LogP contribution < -0.4 is 10.2 Å². The van der Waals surface area contributed by atoms with Crippen molar-refractivity contribution in [2.75, 3.05) is 4.90 Å². The number of carbonyl (C=O) groups is 3. The Hall–Kier alpha value is -4.76. The molecule has 3 amide bonds. The van der Waals surface area contributed by atoms with E-state index in [9.17, 15) is 22.8 Å². The molecule has 0 saturated heterocycles. The Balaban J connectivity index is 1.49. The summed E-state index contributed by atoms with van der Waals surface area (Å²) in [7, 11) is -4.02. The molecular weight excluding hydrogens is 801 g/mol. The fourth-order valence-corrected chi connectivity index (χ4v) is 9.05. The zero-order valence-electron chi connectivity index (χ0n) is 35.0. The third-order valence-electron chi connectivity index (χ3n) is 9.72. The van der Waals surface area contributed by atoms with Gasteiger partial charge in [-0.25, -0.2) is 32.2 Å². The molecule has 59 heavy (non-hydrogen) atoms. The van der Waals surface area contributed by atoms with E-state index in [2.05, 4.69) is 5.32 Å². The van der Waals surface area contributed by atoms with Gasteiger partial charge in [-0.05, 0) is 131 Å². The fourth-order valence-electron chi connectivity index (χ4n) is 7.11. The number of aromatic nitrogens is 3. The monoisotopic (exact) mass is 853 g/mol. The first-order valence-corrected chi connectivity index (χ1v) is 21.9. The first-order chi connectivity index (χ1) is 27.4. The minimum atomic E-state index is -4.02. The predicted octanol–water partition coefficient (Wildman–Crippen LogP) is 10.4. The van der Waals surface area contributed by atoms with Gasteiger partial charge in [0.1, 0.15) is 28.3 Å². The molecule has 16 heteroatoms. The van der Waals surface area contributed by atoms with Gasteiger partial charge in [0.25, 0.3) is 0 Å². The molecule has 6 rings (SSSR count). The van der Waals surface area contributed by atoms with Crippen LogP contribution in [0.4, 0.5) is 24.6 Å². The molecule has 4 aromatic rings. The highest BCUT2D eigenvalue weighted by Crippen LogP contribution is 2.47. The Morgan fingerprint density at radius 1 is 0.864 bits per heavy atom. The number of anilines is 1. The minimum absolute atomic E-state index is 0.0215. The summed E-state index contributed by atoms with van der Waals surface area (Å²) in [5.41, 5.74) is -0.792. The SMILES string of the molecule is CC(C)(C)OC(=O)NC1CCC(c2cnc(N(C(=O)OC(C)(C)C)C(=O)OC(C)(C)C)c3c(-c4ccc(CS(=O)(=O)c5ccccc5Cl)c(F)c4)nn(C4CC4)c23)CC1. The zero-order valence-corrected chi connectivity index (χ0v) is 36.6. The van der Waals surface area contributed by atoms with Gasteiger partial charge in [-0.3, -0.25) is 4.68 Å². The van der Waals surface area contributed by atoms with E-state index < -0.39 is 56.5 Å². The molecule has 2 aromatic heterocycles. The molecule has 318 valence electrons. The van der Waals surface area contributed by atoms with Gasteiger partial charge in [0.05, 0.1) is 32.6 Å². The van der Waals surface area contributed by atoms with Crippen LogP contribution in [0.1, 0.15) is 124 Å². The molecule has 2 saturated carbocycles. The summed E-state index contributed by atoms with van der Waals surface area (Å²) in [4.78, 5) is 46.2. The predicted molar refractivity (Wildman–Crippen MR) is 223 cm³/mol. The Labute approximate surface area is 349 Å². The summed E-state index contributed by atoms with van der Waals surface area (Å²) in [6.45, 7) is 15.5. The molecule has 0 radical (unpaired) electrons. The average Bonchev–Trinajstić information content (AvgIpc) is 3.86. The van der Waals surface area contributed by atoms with Crippen LogP contribution in [0.3, 0.4) is 0 Å². The molecule has 13 nitrogen and oxygen atoms in total. The van der Waals surface area contributed by atoms with Crippen molar-refractivity contribution in [1.82, 2.24) is 20.1 Å². The molecule has 2 aromatic carbocycles. The van der Waals surface area contributed by atoms with Gasteiger partial charge in [0.2, 0.25) is 0 Å². The Kier molecular flexibility index (Phi) is 12.1. The first kappa shape index (κ1) is 43.8. The van der Waals surface area contributed by atoms with Crippen LogP contribution in [-0.2, 0) is 29.8 Å². The molecule has 0 spiro atoms. The lowest BCUT2D eigenvalue weighted by Gasteiger charge is -2.31. The molecule has 0 aliphatic heterocycles. The van der Waals surface area contributed by atoms with Crippen LogP contribution >= 0.6 is 11.6 Å². The minimum Gasteiger partial charge on any atom is -0.444 e. The summed E-state index contributed by atoms with van der Waals surface area (Å²) in [5, 5.41) is 8.37. The van der Waals surface area contributed by atoms with Crippen LogP contribution in [0, 0.1) is 5.82 Å². The summed E-state index contributed by atoms with van der Waals surface area (Å²) >= 11 is 6.20. The highest BCUT2D eigenvalue weighted by Gasteiger charge is 2.40. The van der Waals surface area contributed by atoms with Gasteiger partial charge >= 0.3 is 18.3 Å². The Bertz CT molecular complexity index is 2340. The van der Waals surface area contributed by atoms with E-state index in [1.54, 1.807) is 65.9 Å². The van der Waals surface area contributed by atoms with E-state index in [1.165, 1.54) is 24.3 Å². The van der Waals surface area contributed by atoms with E-state index in [4.69, 9.17) is 35.9 Å². The number of rotatable bonds is 8. The zero-order chi connectivity index (χ0) is 43.2. The quantitative estimate of drug-likeness (QED) is 0.169. The number of nitrogens with one attached hydrogen (secondary N) is 1. The van der Waals surface area contributed by atoms with Gasteiger partial charge < -0.3 is 19.5 Å². The van der Waals surface area contributed by atoms with Crippen LogP contribution in [0.15, 0.2) is 53.6 Å². The van der Waals surface area contributed by atoms with Gasteiger partial charge in [0, 0.05) is 23.4 Å². The number of imide groups is 1. The smallest absolute Gasteiger partial charge is 0.425 e. The van der Waals surface area contributed by atoms with E-state index in [0.29, 0.717) is 36.6 Å². The van der Waals surface area contributed by atoms with Crippen molar-refractivity contribution in [2.24, 2.45) is 0 Å². The molecule has 0 unspecified atom stereocenters. The lowest BCUT2D eigenvalue weighted by atomic mass is 9.81. The van der Waals surface area contributed by atoms with E-state index in [0.717, 1.165) is 23.3 Å². The number of fused-ring (bicyclic) bond motifs is 1. The van der Waals surface area contributed by atoms with Crippen molar-refractivity contribution in [3.05, 3.63) is 70.6 Å². The summed E-state index contributed by atoms with van der Waals surface area (Å²) in [5.74, 6) is -1.61. The molecule has 0 bridgehead atoms. The van der Waals surface area contributed by atoms with Gasteiger partial charge in [-0.2, -0.15) is 10.00 Å². The van der Waals surface area contributed by atoms with Crippen LogP contribution in [0.5, 0.6) is 0 Å². The molecule has 2 aliphatic rings. The van der Waals surface area contributed by atoms with Crippen molar-refractivity contribution in [1.29, 1.82) is 0 Å². The third kappa shape index (κ3) is 10.5. The first-order valence-electron chi connectivity index (χ1n) is 19.8. The maximum atomic E-state index is 16.2. The van der Waals surface area contributed by atoms with Gasteiger partial charge in [-0.15, -0.1) is 0 Å². The van der Waals surface area contributed by atoms with E-state index in [-0.39, 0.29) is 50.6 Å². The number of sulfone groups is 1. The Morgan fingerprint density at radius 3 is 2.00 bits per heavy atom. The van der Waals surface area contributed by atoms with Crippen molar-refractivity contribution in [3.63, 3.8) is 0 Å². The van der Waals surface area contributed by atoms with Gasteiger partial charge in [-0.1, -0.05) is 35.9 Å². The van der Waals surface area contributed by atoms with Crippen LogP contribution in [0.2, 0.25) is 5.02 Å². The lowest BCUT2D eigenvalue weighted by Crippen LogP contribution is -2.44. The lowest BCUT2D eigenvalue weighted by molar-refractivity contribution is 0.0425. The molecular formula is C43H53ClFN5O8S. The number of benzene rings is 2. The van der Waals surface area contributed by atoms with Crippen molar-refractivity contribution in [2.45, 2.75) is 146 Å². The molecule has 1 N–H and O–H groups in total. The van der Waals surface area contributed by atoms with Crippen molar-refractivity contribution >= 4 is 56.4 Å². The highest BCUT2D eigenvalue weighted by atomic mass is 35.5. The average molecular weight is 854 g/mol. The number of hydrogen-bond acceptors (Lipinski definition) is 10. The molecule has 2 heterocycles. The number of nitrogens with zero attached hydrogens (tertiary/aromatic N) is 4. The number of alkyl carbamates (subject to hydrolysis) is 1. The second-order valence-corrected chi connectivity index (χ2v) is 20.6. The number of halogens is 2. The number of pyridine rings is 1. The van der Waals surface area contributed by atoms with E-state index in [1.807, 2.05) is 25.5 Å². The number of ether oxygens (including phenoxy) is 3. The van der Waals surface area contributed by atoms with Crippen LogP contribution in [-0.4, -0.2) is 64.3 Å². The second kappa shape index (κ2) is 16.4. The summed E-state index contributed by atoms with van der Waals surface area (Å²) < 4.78 is 61.7. The number of hydrogen-bond donors (Lipinski definition) is 1. The normalized spacial score (nSPS) is 17.7. The van der Waals surface area contributed by atoms with E-state index >= 15 is 4.39 Å². The Morgan fingerprint density at radius 2 is 1.46 bits per heavy atom. The van der Waals surface area contributed by atoms with Crippen molar-refractivity contribution in [3.8, 4) is 11.3 Å². The third-order valence-corrected chi connectivity index (χ3v) is 11.9. The largest absolute Gasteiger partial charge is 0.444 e. The van der Waals surface area contributed by atoms with Gasteiger partial charge in [0.15, 0.2) is 15.7 Å².